The molecule has 0 atom stereocenters. The smallest absolute Gasteiger partial charge is 0.325 e. The maximum absolute atomic E-state index is 11.9. The molecule has 2 aromatic carbocycles. The van der Waals surface area contributed by atoms with Gasteiger partial charge in [0.1, 0.15) is 12.3 Å². The Kier molecular flexibility index (Phi) is 6.03. The van der Waals surface area contributed by atoms with Gasteiger partial charge in [0.2, 0.25) is 0 Å². The van der Waals surface area contributed by atoms with Crippen molar-refractivity contribution in [1.29, 1.82) is 0 Å². The Morgan fingerprint density at radius 3 is 2.45 bits per heavy atom. The van der Waals surface area contributed by atoms with Crippen LogP contribution in [0.3, 0.4) is 0 Å². The number of hydrogen-bond donors (Lipinski definition) is 1. The highest BCUT2D eigenvalue weighted by atomic mass is 16.5. The molecule has 6 nitrogen and oxygen atoms in total. The van der Waals surface area contributed by atoms with Crippen molar-refractivity contribution >= 4 is 16.9 Å². The molecule has 0 amide bonds. The number of methoxy groups -OCH3 is 2. The van der Waals surface area contributed by atoms with Gasteiger partial charge in [-0.05, 0) is 37.5 Å². The molecule has 1 aromatic heterocycles. The van der Waals surface area contributed by atoms with Crippen LogP contribution < -0.4 is 4.74 Å². The molecule has 4 rings (SSSR count). The van der Waals surface area contributed by atoms with Gasteiger partial charge in [0, 0.05) is 41.8 Å². The fourth-order valence-electron chi connectivity index (χ4n) is 4.70. The van der Waals surface area contributed by atoms with Crippen LogP contribution >= 0.6 is 0 Å². The first-order valence-electron chi connectivity index (χ1n) is 10.7. The Labute approximate surface area is 183 Å². The van der Waals surface area contributed by atoms with E-state index < -0.39 is 5.60 Å². The summed E-state index contributed by atoms with van der Waals surface area (Å²) in [6, 6.07) is 15.9. The van der Waals surface area contributed by atoms with Crippen LogP contribution in [-0.2, 0) is 28.2 Å². The molecule has 0 saturated carbocycles. The van der Waals surface area contributed by atoms with Crippen LogP contribution in [0.25, 0.3) is 10.9 Å². The summed E-state index contributed by atoms with van der Waals surface area (Å²) < 4.78 is 12.4. The van der Waals surface area contributed by atoms with E-state index in [1.807, 2.05) is 47.0 Å². The Morgan fingerprint density at radius 2 is 1.74 bits per heavy atom. The third kappa shape index (κ3) is 4.05. The number of hydrogen-bond acceptors (Lipinski definition) is 5. The highest BCUT2D eigenvalue weighted by molar-refractivity contribution is 5.87. The first-order valence-corrected chi connectivity index (χ1v) is 10.7. The van der Waals surface area contributed by atoms with Gasteiger partial charge in [0.25, 0.3) is 0 Å². The molecular formula is C25H30N2O4. The fraction of sp³-hybridized carbons (Fsp3) is 0.400. The van der Waals surface area contributed by atoms with Crippen LogP contribution in [0.2, 0.25) is 0 Å². The molecule has 1 saturated heterocycles. The molecular weight excluding hydrogens is 392 g/mol. The first kappa shape index (κ1) is 21.4. The van der Waals surface area contributed by atoms with E-state index in [1.54, 1.807) is 7.11 Å². The number of esters is 1. The van der Waals surface area contributed by atoms with Crippen LogP contribution in [0.15, 0.2) is 48.5 Å². The Hall–Kier alpha value is -2.83. The van der Waals surface area contributed by atoms with Gasteiger partial charge >= 0.3 is 5.97 Å². The number of aliphatic hydroxyl groups is 1. The van der Waals surface area contributed by atoms with E-state index in [0.717, 1.165) is 47.5 Å². The summed E-state index contributed by atoms with van der Waals surface area (Å²) in [7, 11) is 3.06. The van der Waals surface area contributed by atoms with Gasteiger partial charge in [-0.3, -0.25) is 9.69 Å². The summed E-state index contributed by atoms with van der Waals surface area (Å²) in [6.45, 7) is 4.61. The third-order valence-corrected chi connectivity index (χ3v) is 6.55. The SMILES string of the molecule is COC(=O)Cn1c(C)c(CN2CCC(O)(c3ccccc3OC)CC2)c2ccccc21. The van der Waals surface area contributed by atoms with E-state index in [0.29, 0.717) is 12.8 Å². The number of aromatic nitrogens is 1. The van der Waals surface area contributed by atoms with E-state index in [9.17, 15) is 9.90 Å². The second-order valence-corrected chi connectivity index (χ2v) is 8.25. The molecule has 1 aliphatic rings. The third-order valence-electron chi connectivity index (χ3n) is 6.55. The van der Waals surface area contributed by atoms with Gasteiger partial charge in [-0.2, -0.15) is 0 Å². The number of para-hydroxylation sites is 2. The average molecular weight is 423 g/mol. The normalized spacial score (nSPS) is 16.4. The zero-order valence-electron chi connectivity index (χ0n) is 18.4. The highest BCUT2D eigenvalue weighted by Crippen LogP contribution is 2.38. The van der Waals surface area contributed by atoms with Gasteiger partial charge in [-0.25, -0.2) is 0 Å². The molecule has 0 bridgehead atoms. The molecule has 1 N–H and O–H groups in total. The maximum Gasteiger partial charge on any atom is 0.325 e. The second kappa shape index (κ2) is 8.73. The van der Waals surface area contributed by atoms with Gasteiger partial charge in [0.15, 0.2) is 0 Å². The fourth-order valence-corrected chi connectivity index (χ4v) is 4.70. The topological polar surface area (TPSA) is 63.9 Å². The zero-order chi connectivity index (χ0) is 22.0. The lowest BCUT2D eigenvalue weighted by Gasteiger charge is -2.39. The average Bonchev–Trinajstić information content (AvgIpc) is 3.06. The molecule has 6 heteroatoms. The van der Waals surface area contributed by atoms with Crippen LogP contribution in [0.1, 0.15) is 29.7 Å². The van der Waals surface area contributed by atoms with E-state index in [1.165, 1.54) is 12.7 Å². The molecule has 0 radical (unpaired) electrons. The van der Waals surface area contributed by atoms with Crippen LogP contribution in [0.5, 0.6) is 5.75 Å². The monoisotopic (exact) mass is 422 g/mol. The van der Waals surface area contributed by atoms with Crippen molar-refractivity contribution in [3.05, 3.63) is 65.4 Å². The van der Waals surface area contributed by atoms with Crippen molar-refractivity contribution in [1.82, 2.24) is 9.47 Å². The van der Waals surface area contributed by atoms with Crippen molar-refractivity contribution in [2.75, 3.05) is 27.3 Å². The summed E-state index contributed by atoms with van der Waals surface area (Å²) in [5, 5.41) is 12.5. The molecule has 0 aliphatic carbocycles. The van der Waals surface area contributed by atoms with E-state index in [4.69, 9.17) is 9.47 Å². The Balaban J connectivity index is 1.55. The number of benzene rings is 2. The minimum atomic E-state index is -0.878. The molecule has 0 unspecified atom stereocenters. The summed E-state index contributed by atoms with van der Waals surface area (Å²) in [4.78, 5) is 14.3. The lowest BCUT2D eigenvalue weighted by Crippen LogP contribution is -2.42. The van der Waals surface area contributed by atoms with E-state index in [-0.39, 0.29) is 12.5 Å². The summed E-state index contributed by atoms with van der Waals surface area (Å²) in [5.41, 5.74) is 3.34. The van der Waals surface area contributed by atoms with Crippen molar-refractivity contribution in [3.8, 4) is 5.75 Å². The highest BCUT2D eigenvalue weighted by Gasteiger charge is 2.36. The minimum Gasteiger partial charge on any atom is -0.496 e. The molecule has 2 heterocycles. The van der Waals surface area contributed by atoms with Gasteiger partial charge in [-0.15, -0.1) is 0 Å². The summed E-state index contributed by atoms with van der Waals surface area (Å²) >= 11 is 0. The number of likely N-dealkylation sites (tertiary alicyclic amines) is 1. The molecule has 1 fully saturated rings. The zero-order valence-corrected chi connectivity index (χ0v) is 18.4. The van der Waals surface area contributed by atoms with Gasteiger partial charge in [0.05, 0.1) is 19.8 Å². The van der Waals surface area contributed by atoms with Crippen LogP contribution in [-0.4, -0.2) is 47.9 Å². The number of piperidine rings is 1. The minimum absolute atomic E-state index is 0.205. The van der Waals surface area contributed by atoms with Crippen LogP contribution in [0.4, 0.5) is 0 Å². The standard InChI is InChI=1S/C25H30N2O4/c1-18-20(19-8-4-6-10-22(19)27(18)17-24(28)31-3)16-26-14-12-25(29,13-15-26)21-9-5-7-11-23(21)30-2/h4-11,29H,12-17H2,1-3H3. The van der Waals surface area contributed by atoms with Gasteiger partial charge < -0.3 is 19.1 Å². The quantitative estimate of drug-likeness (QED) is 0.615. The summed E-state index contributed by atoms with van der Waals surface area (Å²) in [6.07, 6.45) is 1.29. The number of carbonyl (C=O) groups is 1. The molecule has 31 heavy (non-hydrogen) atoms. The number of carbonyl (C=O) groups excluding carboxylic acids is 1. The maximum atomic E-state index is 11.9. The lowest BCUT2D eigenvalue weighted by atomic mass is 9.83. The molecule has 3 aromatic rings. The number of fused-ring (bicyclic) bond motifs is 1. The second-order valence-electron chi connectivity index (χ2n) is 8.25. The Morgan fingerprint density at radius 1 is 1.06 bits per heavy atom. The van der Waals surface area contributed by atoms with Crippen LogP contribution in [0, 0.1) is 6.92 Å². The van der Waals surface area contributed by atoms with E-state index >= 15 is 0 Å². The number of ether oxygens (including phenoxy) is 2. The number of nitrogens with zero attached hydrogens (tertiary/aromatic N) is 2. The largest absolute Gasteiger partial charge is 0.496 e. The van der Waals surface area contributed by atoms with E-state index in [2.05, 4.69) is 17.9 Å². The van der Waals surface area contributed by atoms with Crippen molar-refractivity contribution < 1.29 is 19.4 Å². The van der Waals surface area contributed by atoms with Crippen molar-refractivity contribution in [2.45, 2.75) is 38.5 Å². The predicted octanol–water partition coefficient (Wildman–Crippen LogP) is 3.61. The van der Waals surface area contributed by atoms with Crippen molar-refractivity contribution in [2.24, 2.45) is 0 Å². The molecule has 164 valence electrons. The first-order chi connectivity index (χ1) is 15.0. The molecule has 1 aliphatic heterocycles. The number of rotatable bonds is 6. The van der Waals surface area contributed by atoms with Gasteiger partial charge in [-0.1, -0.05) is 36.4 Å². The van der Waals surface area contributed by atoms with Crippen molar-refractivity contribution in [3.63, 3.8) is 0 Å². The molecule has 0 spiro atoms. The Bertz CT molecular complexity index is 1080. The lowest BCUT2D eigenvalue weighted by molar-refractivity contribution is -0.141. The predicted molar refractivity (Wildman–Crippen MR) is 120 cm³/mol. The summed E-state index contributed by atoms with van der Waals surface area (Å²) in [5.74, 6) is 0.482.